The van der Waals surface area contributed by atoms with Crippen LogP contribution in [0.2, 0.25) is 0 Å². The highest BCUT2D eigenvalue weighted by Gasteiger charge is 2.37. The number of aliphatic hydroxyl groups is 1. The van der Waals surface area contributed by atoms with Gasteiger partial charge in [0.2, 0.25) is 5.89 Å². The highest BCUT2D eigenvalue weighted by molar-refractivity contribution is 7.71. The molecule has 3 rings (SSSR count). The van der Waals surface area contributed by atoms with Crippen molar-refractivity contribution in [3.63, 3.8) is 0 Å². The van der Waals surface area contributed by atoms with Gasteiger partial charge in [-0.15, -0.1) is 5.10 Å². The van der Waals surface area contributed by atoms with Crippen molar-refractivity contribution in [2.45, 2.75) is 25.2 Å². The van der Waals surface area contributed by atoms with Gasteiger partial charge in [0.05, 0.1) is 34.1 Å². The Hall–Kier alpha value is -2.43. The Morgan fingerprint density at radius 1 is 1.30 bits per heavy atom. The Kier molecular flexibility index (Phi) is 5.78. The third-order valence-electron chi connectivity index (χ3n) is 4.37. The molecule has 2 aromatic rings. The number of rotatable bonds is 6. The summed E-state index contributed by atoms with van der Waals surface area (Å²) in [7, 11) is 4.43. The number of likely N-dealkylation sites (tertiary alicyclic amines) is 1. The quantitative estimate of drug-likeness (QED) is 0.575. The van der Waals surface area contributed by atoms with Crippen molar-refractivity contribution in [3.05, 3.63) is 23.0 Å². The first-order valence-electron chi connectivity index (χ1n) is 8.26. The normalized spacial score (nSPS) is 19.9. The number of carbonyl (C=O) groups is 1. The highest BCUT2D eigenvalue weighted by atomic mass is 32.1. The number of hydrogen-bond acceptors (Lipinski definition) is 9. The molecule has 27 heavy (non-hydrogen) atoms. The number of hydrogen-bond donors (Lipinski definition) is 1. The van der Waals surface area contributed by atoms with Crippen LogP contribution < -0.4 is 9.47 Å². The van der Waals surface area contributed by atoms with Crippen LogP contribution in [0.25, 0.3) is 11.5 Å². The van der Waals surface area contributed by atoms with Gasteiger partial charge >= 0.3 is 5.97 Å². The second-order valence-electron chi connectivity index (χ2n) is 6.12. The fourth-order valence-electron chi connectivity index (χ4n) is 3.03. The molecule has 0 aliphatic carbocycles. The fourth-order valence-corrected chi connectivity index (χ4v) is 3.21. The molecule has 1 aromatic heterocycles. The Bertz CT molecular complexity index is 858. The van der Waals surface area contributed by atoms with Gasteiger partial charge in [-0.1, -0.05) is 0 Å². The molecule has 146 valence electrons. The van der Waals surface area contributed by atoms with Gasteiger partial charge in [0.1, 0.15) is 17.5 Å². The fraction of sp³-hybridized carbons (Fsp3) is 0.471. The minimum absolute atomic E-state index is 0.150. The lowest BCUT2D eigenvalue weighted by atomic mass is 10.2. The van der Waals surface area contributed by atoms with Crippen molar-refractivity contribution in [2.24, 2.45) is 0 Å². The molecule has 10 heteroatoms. The molecule has 1 aliphatic heterocycles. The Morgan fingerprint density at radius 2 is 1.96 bits per heavy atom. The Morgan fingerprint density at radius 3 is 2.56 bits per heavy atom. The molecule has 1 aromatic carbocycles. The van der Waals surface area contributed by atoms with Crippen LogP contribution in [-0.4, -0.2) is 65.8 Å². The molecule has 1 fully saturated rings. The number of methoxy groups -OCH3 is 3. The maximum atomic E-state index is 11.9. The number of ether oxygens (including phenoxy) is 3. The van der Waals surface area contributed by atoms with E-state index in [0.717, 1.165) is 0 Å². The van der Waals surface area contributed by atoms with Crippen LogP contribution in [-0.2, 0) is 16.2 Å². The number of aromatic nitrogens is 2. The van der Waals surface area contributed by atoms with E-state index in [0.29, 0.717) is 35.9 Å². The third kappa shape index (κ3) is 4.12. The lowest BCUT2D eigenvalue weighted by molar-refractivity contribution is -0.146. The van der Waals surface area contributed by atoms with Crippen LogP contribution in [0.3, 0.4) is 0 Å². The van der Waals surface area contributed by atoms with E-state index in [-0.39, 0.29) is 11.5 Å². The average Bonchev–Trinajstić information content (AvgIpc) is 3.23. The van der Waals surface area contributed by atoms with Crippen molar-refractivity contribution in [1.29, 1.82) is 0 Å². The molecule has 0 amide bonds. The van der Waals surface area contributed by atoms with Gasteiger partial charge in [-0.05, 0) is 24.4 Å². The standard InChI is InChI=1S/C17H21N3O6S/c1-23-12-4-10(5-13(7-12)24-2)15-18-20(17(27)26-15)9-19-8-11(21)6-14(19)16(22)25-3/h4-5,7,11,14,21H,6,8-9H2,1-3H3/t11-,14-/m0/s1. The molecule has 0 saturated carbocycles. The van der Waals surface area contributed by atoms with Crippen LogP contribution in [0.15, 0.2) is 22.6 Å². The van der Waals surface area contributed by atoms with E-state index in [9.17, 15) is 9.90 Å². The minimum Gasteiger partial charge on any atom is -0.497 e. The number of esters is 1. The third-order valence-corrected chi connectivity index (χ3v) is 4.67. The second kappa shape index (κ2) is 8.07. The zero-order chi connectivity index (χ0) is 19.6. The van der Waals surface area contributed by atoms with Gasteiger partial charge in [-0.25, -0.2) is 4.68 Å². The summed E-state index contributed by atoms with van der Waals surface area (Å²) in [5.41, 5.74) is 0.641. The molecule has 2 heterocycles. The van der Waals surface area contributed by atoms with E-state index in [1.165, 1.54) is 11.8 Å². The molecule has 1 aliphatic rings. The van der Waals surface area contributed by atoms with E-state index in [1.54, 1.807) is 37.3 Å². The first-order valence-corrected chi connectivity index (χ1v) is 8.67. The highest BCUT2D eigenvalue weighted by Crippen LogP contribution is 2.29. The van der Waals surface area contributed by atoms with Gasteiger partial charge < -0.3 is 23.7 Å². The van der Waals surface area contributed by atoms with Crippen molar-refractivity contribution in [1.82, 2.24) is 14.7 Å². The van der Waals surface area contributed by atoms with Gasteiger partial charge in [-0.3, -0.25) is 9.69 Å². The van der Waals surface area contributed by atoms with Gasteiger partial charge in [0.25, 0.3) is 4.84 Å². The summed E-state index contributed by atoms with van der Waals surface area (Å²) in [6.45, 7) is 0.511. The summed E-state index contributed by atoms with van der Waals surface area (Å²) >= 11 is 5.26. The summed E-state index contributed by atoms with van der Waals surface area (Å²) < 4.78 is 22.4. The molecule has 0 bridgehead atoms. The molecule has 9 nitrogen and oxygen atoms in total. The summed E-state index contributed by atoms with van der Waals surface area (Å²) in [4.78, 5) is 13.8. The predicted octanol–water partition coefficient (Wildman–Crippen LogP) is 1.46. The first kappa shape index (κ1) is 19.3. The zero-order valence-corrected chi connectivity index (χ0v) is 16.1. The molecule has 0 unspecified atom stereocenters. The number of benzene rings is 1. The molecule has 1 saturated heterocycles. The van der Waals surface area contributed by atoms with Crippen LogP contribution in [0.4, 0.5) is 0 Å². The van der Waals surface area contributed by atoms with Crippen molar-refractivity contribution in [3.8, 4) is 23.0 Å². The molecular formula is C17H21N3O6S. The van der Waals surface area contributed by atoms with Crippen molar-refractivity contribution >= 4 is 18.2 Å². The minimum atomic E-state index is -0.614. The smallest absolute Gasteiger partial charge is 0.323 e. The number of carbonyl (C=O) groups excluding carboxylic acids is 1. The number of aliphatic hydroxyl groups excluding tert-OH is 1. The maximum Gasteiger partial charge on any atom is 0.323 e. The SMILES string of the molecule is COC(=O)[C@@H]1C[C@H](O)CN1Cn1nc(-c2cc(OC)cc(OC)c2)oc1=S. The number of nitrogens with zero attached hydrogens (tertiary/aromatic N) is 3. The van der Waals surface area contributed by atoms with E-state index in [2.05, 4.69) is 5.10 Å². The topological polar surface area (TPSA) is 99.2 Å². The summed E-state index contributed by atoms with van der Waals surface area (Å²) in [6.07, 6.45) is -0.310. The van der Waals surface area contributed by atoms with Gasteiger partial charge in [-0.2, -0.15) is 0 Å². The maximum absolute atomic E-state index is 11.9. The van der Waals surface area contributed by atoms with Crippen LogP contribution in [0.5, 0.6) is 11.5 Å². The van der Waals surface area contributed by atoms with Crippen molar-refractivity contribution in [2.75, 3.05) is 27.9 Å². The summed E-state index contributed by atoms with van der Waals surface area (Å²) in [5, 5.41) is 14.3. The van der Waals surface area contributed by atoms with Crippen LogP contribution >= 0.6 is 12.2 Å². The second-order valence-corrected chi connectivity index (χ2v) is 6.46. The van der Waals surface area contributed by atoms with Crippen LogP contribution in [0, 0.1) is 4.84 Å². The zero-order valence-electron chi connectivity index (χ0n) is 15.2. The average molecular weight is 395 g/mol. The van der Waals surface area contributed by atoms with Crippen molar-refractivity contribution < 1.29 is 28.5 Å². The monoisotopic (exact) mass is 395 g/mol. The van der Waals surface area contributed by atoms with E-state index in [1.807, 2.05) is 0 Å². The molecule has 0 spiro atoms. The Labute approximate surface area is 161 Å². The molecule has 0 radical (unpaired) electrons. The van der Waals surface area contributed by atoms with Gasteiger partial charge in [0, 0.05) is 24.6 Å². The first-order chi connectivity index (χ1) is 12.9. The summed E-state index contributed by atoms with van der Waals surface area (Å²) in [6, 6.07) is 4.69. The lowest BCUT2D eigenvalue weighted by Gasteiger charge is -2.21. The molecule has 1 N–H and O–H groups in total. The number of β-amino-alcohol motifs (C(OH)–C–C–N with tert-alkyl or cyclic N) is 1. The Balaban J connectivity index is 1.87. The van der Waals surface area contributed by atoms with Crippen LogP contribution in [0.1, 0.15) is 6.42 Å². The van der Waals surface area contributed by atoms with E-state index < -0.39 is 18.1 Å². The predicted molar refractivity (Wildman–Crippen MR) is 97.0 cm³/mol. The lowest BCUT2D eigenvalue weighted by Crippen LogP contribution is -2.38. The van der Waals surface area contributed by atoms with E-state index in [4.69, 9.17) is 30.8 Å². The van der Waals surface area contributed by atoms with E-state index >= 15 is 0 Å². The molecular weight excluding hydrogens is 374 g/mol. The van der Waals surface area contributed by atoms with Gasteiger partial charge in [0.15, 0.2) is 0 Å². The largest absolute Gasteiger partial charge is 0.497 e. The summed E-state index contributed by atoms with van der Waals surface area (Å²) in [5.74, 6) is 1.08. The molecule has 2 atom stereocenters.